The maximum absolute atomic E-state index is 12.5. The van der Waals surface area contributed by atoms with E-state index in [1.807, 2.05) is 0 Å². The molecule has 0 aromatic carbocycles. The van der Waals surface area contributed by atoms with Crippen molar-refractivity contribution in [2.75, 3.05) is 13.1 Å². The molecule has 1 aromatic heterocycles. The number of hydrogen-bond donors (Lipinski definition) is 2. The zero-order valence-electron chi connectivity index (χ0n) is 10.8. The number of carbonyl (C=O) groups excluding carboxylic acids is 2. The van der Waals surface area contributed by atoms with Gasteiger partial charge in [0.05, 0.1) is 6.26 Å². The predicted octanol–water partition coefficient (Wildman–Crippen LogP) is 0.799. The fourth-order valence-electron chi connectivity index (χ4n) is 2.73. The normalized spacial score (nSPS) is 31.0. The van der Waals surface area contributed by atoms with Crippen molar-refractivity contribution < 1.29 is 14.0 Å². The van der Waals surface area contributed by atoms with Gasteiger partial charge < -0.3 is 15.1 Å². The van der Waals surface area contributed by atoms with Gasteiger partial charge >= 0.3 is 6.03 Å². The van der Waals surface area contributed by atoms with Gasteiger partial charge in [0.1, 0.15) is 5.76 Å². The van der Waals surface area contributed by atoms with Gasteiger partial charge in [-0.3, -0.25) is 9.69 Å². The van der Waals surface area contributed by atoms with Crippen molar-refractivity contribution in [3.63, 3.8) is 0 Å². The molecule has 2 aliphatic rings. The monoisotopic (exact) mass is 263 g/mol. The number of hydrogen-bond acceptors (Lipinski definition) is 4. The largest absolute Gasteiger partial charge is 0.466 e. The van der Waals surface area contributed by atoms with Crippen molar-refractivity contribution in [3.8, 4) is 0 Å². The van der Waals surface area contributed by atoms with Crippen LogP contribution in [0.4, 0.5) is 4.79 Å². The molecule has 2 saturated heterocycles. The lowest BCUT2D eigenvalue weighted by atomic mass is 9.99. The number of imide groups is 1. The summed E-state index contributed by atoms with van der Waals surface area (Å²) in [5.74, 6) is 0.217. The fourth-order valence-corrected chi connectivity index (χ4v) is 2.73. The van der Waals surface area contributed by atoms with Crippen molar-refractivity contribution in [3.05, 3.63) is 24.2 Å². The molecule has 1 unspecified atom stereocenters. The van der Waals surface area contributed by atoms with Gasteiger partial charge in [-0.2, -0.15) is 0 Å². The first kappa shape index (κ1) is 12.2. The summed E-state index contributed by atoms with van der Waals surface area (Å²) in [6.45, 7) is 3.04. The van der Waals surface area contributed by atoms with Crippen molar-refractivity contribution in [1.29, 1.82) is 0 Å². The Balaban J connectivity index is 1.80. The van der Waals surface area contributed by atoms with Crippen molar-refractivity contribution in [2.45, 2.75) is 31.3 Å². The summed E-state index contributed by atoms with van der Waals surface area (Å²) in [7, 11) is 0. The van der Waals surface area contributed by atoms with Crippen LogP contribution in [0.1, 0.15) is 25.5 Å². The molecule has 0 saturated carbocycles. The second-order valence-corrected chi connectivity index (χ2v) is 5.24. The molecule has 0 spiro atoms. The Bertz CT molecular complexity index is 493. The smallest absolute Gasteiger partial charge is 0.325 e. The van der Waals surface area contributed by atoms with Crippen molar-refractivity contribution >= 4 is 11.9 Å². The summed E-state index contributed by atoms with van der Waals surface area (Å²) in [6, 6.07) is 3.27. The van der Waals surface area contributed by atoms with E-state index in [0.29, 0.717) is 12.3 Å². The third-order valence-corrected chi connectivity index (χ3v) is 3.85. The van der Waals surface area contributed by atoms with Crippen molar-refractivity contribution in [1.82, 2.24) is 15.5 Å². The van der Waals surface area contributed by atoms with Gasteiger partial charge in [0.25, 0.3) is 5.91 Å². The van der Waals surface area contributed by atoms with Gasteiger partial charge in [0.2, 0.25) is 0 Å². The van der Waals surface area contributed by atoms with Gasteiger partial charge in [-0.1, -0.05) is 0 Å². The molecule has 2 aliphatic heterocycles. The van der Waals surface area contributed by atoms with Crippen LogP contribution in [0.15, 0.2) is 22.8 Å². The number of furan rings is 1. The highest BCUT2D eigenvalue weighted by atomic mass is 16.3. The number of urea groups is 1. The molecule has 6 heteroatoms. The summed E-state index contributed by atoms with van der Waals surface area (Å²) >= 11 is 0. The third kappa shape index (κ3) is 1.92. The first-order chi connectivity index (χ1) is 9.11. The molecule has 2 N–H and O–H groups in total. The Hall–Kier alpha value is -1.82. The van der Waals surface area contributed by atoms with Crippen LogP contribution in [0.3, 0.4) is 0 Å². The molecule has 0 aliphatic carbocycles. The molecule has 19 heavy (non-hydrogen) atoms. The first-order valence-electron chi connectivity index (χ1n) is 6.53. The molecule has 102 valence electrons. The Morgan fingerprint density at radius 1 is 1.53 bits per heavy atom. The number of nitrogens with one attached hydrogen (secondary N) is 2. The molecule has 0 bridgehead atoms. The Kier molecular flexibility index (Phi) is 2.82. The van der Waals surface area contributed by atoms with Crippen LogP contribution in [0.2, 0.25) is 0 Å². The van der Waals surface area contributed by atoms with Gasteiger partial charge in [-0.15, -0.1) is 0 Å². The molecule has 3 heterocycles. The molecular formula is C13H17N3O3. The molecule has 2 fully saturated rings. The Morgan fingerprint density at radius 3 is 3.00 bits per heavy atom. The van der Waals surface area contributed by atoms with E-state index in [1.165, 1.54) is 11.2 Å². The summed E-state index contributed by atoms with van der Waals surface area (Å²) in [4.78, 5) is 25.8. The molecule has 6 nitrogen and oxygen atoms in total. The van der Waals surface area contributed by atoms with Crippen LogP contribution >= 0.6 is 0 Å². The van der Waals surface area contributed by atoms with E-state index in [9.17, 15) is 9.59 Å². The highest BCUT2D eigenvalue weighted by molar-refractivity contribution is 6.06. The number of nitrogens with zero attached hydrogens (tertiary/aromatic N) is 1. The van der Waals surface area contributed by atoms with Gasteiger partial charge in [0, 0.05) is 12.6 Å². The SMILES string of the molecule is CC1(c2ccco2)NC(=O)N(C[C@@H]2CCCN2)C1=O. The maximum Gasteiger partial charge on any atom is 0.325 e. The van der Waals surface area contributed by atoms with Crippen LogP contribution < -0.4 is 10.6 Å². The highest BCUT2D eigenvalue weighted by Crippen LogP contribution is 2.29. The lowest BCUT2D eigenvalue weighted by molar-refractivity contribution is -0.131. The number of carbonyl (C=O) groups is 2. The van der Waals surface area contributed by atoms with E-state index in [-0.39, 0.29) is 18.0 Å². The summed E-state index contributed by atoms with van der Waals surface area (Å²) < 4.78 is 5.28. The van der Waals surface area contributed by atoms with E-state index >= 15 is 0 Å². The minimum absolute atomic E-state index is 0.202. The van der Waals surface area contributed by atoms with Gasteiger partial charge in [0.15, 0.2) is 5.54 Å². The zero-order chi connectivity index (χ0) is 13.5. The maximum atomic E-state index is 12.5. The summed E-state index contributed by atoms with van der Waals surface area (Å²) in [5.41, 5.74) is -1.08. The molecule has 0 radical (unpaired) electrons. The third-order valence-electron chi connectivity index (χ3n) is 3.85. The van der Waals surface area contributed by atoms with Crippen LogP contribution in [-0.4, -0.2) is 36.0 Å². The lowest BCUT2D eigenvalue weighted by Gasteiger charge is -2.20. The molecule has 2 atom stereocenters. The quantitative estimate of drug-likeness (QED) is 0.791. The number of rotatable bonds is 3. The van der Waals surface area contributed by atoms with E-state index < -0.39 is 5.54 Å². The van der Waals surface area contributed by atoms with E-state index in [2.05, 4.69) is 10.6 Å². The first-order valence-corrected chi connectivity index (χ1v) is 6.53. The van der Waals surface area contributed by atoms with E-state index in [1.54, 1.807) is 19.1 Å². The van der Waals surface area contributed by atoms with Crippen LogP contribution in [-0.2, 0) is 10.3 Å². The van der Waals surface area contributed by atoms with Crippen LogP contribution in [0.5, 0.6) is 0 Å². The number of amides is 3. The second kappa shape index (κ2) is 4.38. The molecule has 1 aromatic rings. The molecule has 3 rings (SSSR count). The van der Waals surface area contributed by atoms with Gasteiger partial charge in [-0.25, -0.2) is 4.79 Å². The van der Waals surface area contributed by atoms with E-state index in [0.717, 1.165) is 19.4 Å². The van der Waals surface area contributed by atoms with Crippen LogP contribution in [0.25, 0.3) is 0 Å². The minimum Gasteiger partial charge on any atom is -0.466 e. The fraction of sp³-hybridized carbons (Fsp3) is 0.538. The minimum atomic E-state index is -1.08. The van der Waals surface area contributed by atoms with Gasteiger partial charge in [-0.05, 0) is 38.4 Å². The zero-order valence-corrected chi connectivity index (χ0v) is 10.8. The van der Waals surface area contributed by atoms with Crippen LogP contribution in [0, 0.1) is 0 Å². The standard InChI is InChI=1S/C13H17N3O3/c1-13(10-5-3-7-19-10)11(17)16(12(18)15-13)8-9-4-2-6-14-9/h3,5,7,9,14H,2,4,6,8H2,1H3,(H,15,18)/t9-,13?/m0/s1. The average Bonchev–Trinajstić information content (AvgIpc) is 3.09. The summed E-state index contributed by atoms with van der Waals surface area (Å²) in [5, 5.41) is 6.01. The average molecular weight is 263 g/mol. The van der Waals surface area contributed by atoms with Crippen molar-refractivity contribution in [2.24, 2.45) is 0 Å². The predicted molar refractivity (Wildman–Crippen MR) is 67.3 cm³/mol. The lowest BCUT2D eigenvalue weighted by Crippen LogP contribution is -2.43. The molecular weight excluding hydrogens is 246 g/mol. The van der Waals surface area contributed by atoms with E-state index in [4.69, 9.17) is 4.42 Å². The molecule has 3 amide bonds. The highest BCUT2D eigenvalue weighted by Gasteiger charge is 2.51. The Morgan fingerprint density at radius 2 is 2.37 bits per heavy atom. The second-order valence-electron chi connectivity index (χ2n) is 5.24. The topological polar surface area (TPSA) is 74.6 Å². The summed E-state index contributed by atoms with van der Waals surface area (Å²) in [6.07, 6.45) is 3.58. The Labute approximate surface area is 111 Å².